The van der Waals surface area contributed by atoms with Gasteiger partial charge in [0.25, 0.3) is 5.91 Å². The van der Waals surface area contributed by atoms with E-state index in [-0.39, 0.29) is 12.6 Å². The van der Waals surface area contributed by atoms with Crippen molar-refractivity contribution in [1.82, 2.24) is 9.96 Å². The van der Waals surface area contributed by atoms with E-state index in [4.69, 9.17) is 4.55 Å². The van der Waals surface area contributed by atoms with Gasteiger partial charge in [0, 0.05) is 6.54 Å². The number of hydrogen-bond acceptors (Lipinski definition) is 6. The van der Waals surface area contributed by atoms with Crippen molar-refractivity contribution >= 4 is 22.3 Å². The van der Waals surface area contributed by atoms with Crippen LogP contribution in [-0.2, 0) is 19.5 Å². The van der Waals surface area contributed by atoms with Gasteiger partial charge in [-0.25, -0.2) is 4.79 Å². The van der Waals surface area contributed by atoms with Gasteiger partial charge in [-0.3, -0.25) is 9.35 Å². The van der Waals surface area contributed by atoms with E-state index in [0.717, 1.165) is 25.7 Å². The van der Waals surface area contributed by atoms with Gasteiger partial charge in [-0.15, -0.1) is 9.40 Å². The fourth-order valence-electron chi connectivity index (χ4n) is 3.31. The summed E-state index contributed by atoms with van der Waals surface area (Å²) in [5.41, 5.74) is 0. The van der Waals surface area contributed by atoms with Crippen LogP contribution >= 0.6 is 0 Å². The molecule has 1 aliphatic carbocycles. The summed E-state index contributed by atoms with van der Waals surface area (Å²) in [5, 5.41) is 8.39. The Hall–Kier alpha value is -1.59. The van der Waals surface area contributed by atoms with Crippen molar-refractivity contribution in [2.75, 3.05) is 6.54 Å². The van der Waals surface area contributed by atoms with Gasteiger partial charge in [0.15, 0.2) is 0 Å². The third-order valence-corrected chi connectivity index (χ3v) is 4.78. The van der Waals surface area contributed by atoms with Crippen molar-refractivity contribution in [3.63, 3.8) is 0 Å². The fraction of sp³-hybridized carbons (Fsp3) is 0.833. The average Bonchev–Trinajstić information content (AvgIpc) is 3.08. The Morgan fingerprint density at radius 3 is 2.57 bits per heavy atom. The summed E-state index contributed by atoms with van der Waals surface area (Å²) in [6.07, 6.45) is 4.73. The molecule has 1 N–H and O–H groups in total. The first-order valence-corrected chi connectivity index (χ1v) is 8.93. The number of fused-ring (bicyclic) bond motifs is 2. The number of hydrogen-bond donors (Lipinski definition) is 1. The molecule has 0 unspecified atom stereocenters. The third kappa shape index (κ3) is 3.51. The summed E-state index contributed by atoms with van der Waals surface area (Å²) in [5.74, 6) is -0.502. The van der Waals surface area contributed by atoms with Crippen molar-refractivity contribution in [3.05, 3.63) is 0 Å². The number of carbonyl (C=O) groups is 2. The van der Waals surface area contributed by atoms with Crippen LogP contribution in [0.4, 0.5) is 4.79 Å². The molecule has 2 bridgehead atoms. The first-order chi connectivity index (χ1) is 10.8. The molecule has 3 amide bonds. The fourth-order valence-corrected chi connectivity index (χ4v) is 3.70. The van der Waals surface area contributed by atoms with E-state index < -0.39 is 34.4 Å². The second kappa shape index (κ2) is 6.13. The van der Waals surface area contributed by atoms with Gasteiger partial charge in [0.05, 0.1) is 12.1 Å². The summed E-state index contributed by atoms with van der Waals surface area (Å²) in [6.45, 7) is 0.156. The Kier molecular flexibility index (Phi) is 4.34. The highest BCUT2D eigenvalue weighted by molar-refractivity contribution is 7.80. The summed E-state index contributed by atoms with van der Waals surface area (Å²) in [7, 11) is -4.79. The van der Waals surface area contributed by atoms with Crippen LogP contribution in [0.15, 0.2) is 10.2 Å². The number of rotatable bonds is 4. The van der Waals surface area contributed by atoms with Crippen LogP contribution in [0.3, 0.4) is 0 Å². The van der Waals surface area contributed by atoms with E-state index in [1.807, 2.05) is 0 Å². The summed E-state index contributed by atoms with van der Waals surface area (Å²) in [4.78, 5) is 25.6. The minimum atomic E-state index is -4.79. The Morgan fingerprint density at radius 1 is 1.22 bits per heavy atom. The standard InChI is InChI=1S/C12H18N4O6S/c17-11(14-13-8-3-1-2-4-8)10-6-5-9-7-15(10)12(18)16(9)22-23(19,20)21/h8-10H,1-7H2,(H,19,20,21)/b14-13+/t9-,10-/m0/s1. The van der Waals surface area contributed by atoms with Crippen LogP contribution in [-0.4, -0.2) is 59.5 Å². The minimum absolute atomic E-state index is 0.0731. The Morgan fingerprint density at radius 2 is 1.91 bits per heavy atom. The molecule has 128 valence electrons. The second-order valence-corrected chi connectivity index (χ2v) is 7.01. The predicted octanol–water partition coefficient (Wildman–Crippen LogP) is 0.911. The lowest BCUT2D eigenvalue weighted by molar-refractivity contribution is -0.123. The number of hydroxylamine groups is 2. The first-order valence-electron chi connectivity index (χ1n) is 7.56. The highest BCUT2D eigenvalue weighted by Gasteiger charge is 2.49. The Balaban J connectivity index is 1.67. The molecule has 3 rings (SSSR count). The van der Waals surface area contributed by atoms with Gasteiger partial charge in [-0.05, 0) is 25.7 Å². The number of piperidine rings is 1. The molecule has 2 saturated heterocycles. The molecule has 0 aromatic heterocycles. The molecule has 2 aliphatic heterocycles. The lowest BCUT2D eigenvalue weighted by Crippen LogP contribution is -2.44. The molecular formula is C12H18N4O6S. The molecule has 0 radical (unpaired) electrons. The van der Waals surface area contributed by atoms with E-state index >= 15 is 0 Å². The van der Waals surface area contributed by atoms with Crippen molar-refractivity contribution in [2.45, 2.75) is 56.7 Å². The van der Waals surface area contributed by atoms with Crippen LogP contribution in [0.25, 0.3) is 0 Å². The van der Waals surface area contributed by atoms with Crippen molar-refractivity contribution in [2.24, 2.45) is 10.2 Å². The maximum absolute atomic E-state index is 12.2. The molecule has 23 heavy (non-hydrogen) atoms. The van der Waals surface area contributed by atoms with Crippen molar-refractivity contribution in [3.8, 4) is 0 Å². The molecule has 3 aliphatic rings. The van der Waals surface area contributed by atoms with Crippen LogP contribution in [0.5, 0.6) is 0 Å². The van der Waals surface area contributed by atoms with Gasteiger partial charge in [-0.1, -0.05) is 12.8 Å². The normalized spacial score (nSPS) is 29.0. The van der Waals surface area contributed by atoms with E-state index in [0.29, 0.717) is 17.9 Å². The number of nitrogens with zero attached hydrogens (tertiary/aromatic N) is 4. The number of azo groups is 1. The summed E-state index contributed by atoms with van der Waals surface area (Å²) >= 11 is 0. The van der Waals surface area contributed by atoms with Gasteiger partial charge >= 0.3 is 16.4 Å². The molecule has 0 aromatic carbocycles. The lowest BCUT2D eigenvalue weighted by atomic mass is 10.0. The maximum Gasteiger partial charge on any atom is 0.418 e. The smallest absolute Gasteiger partial charge is 0.308 e. The number of carbonyl (C=O) groups excluding carboxylic acids is 2. The summed E-state index contributed by atoms with van der Waals surface area (Å²) < 4.78 is 34.6. The topological polar surface area (TPSA) is 129 Å². The van der Waals surface area contributed by atoms with E-state index in [1.54, 1.807) is 0 Å². The minimum Gasteiger partial charge on any atom is -0.308 e. The zero-order valence-corrected chi connectivity index (χ0v) is 13.2. The molecule has 1 saturated carbocycles. The van der Waals surface area contributed by atoms with Gasteiger partial charge in [-0.2, -0.15) is 18.6 Å². The summed E-state index contributed by atoms with van der Waals surface area (Å²) in [6, 6.07) is -1.97. The van der Waals surface area contributed by atoms with Crippen molar-refractivity contribution in [1.29, 1.82) is 0 Å². The molecule has 2 heterocycles. The zero-order valence-electron chi connectivity index (χ0n) is 12.4. The third-order valence-electron chi connectivity index (χ3n) is 4.43. The van der Waals surface area contributed by atoms with Gasteiger partial charge in [0.1, 0.15) is 6.04 Å². The quantitative estimate of drug-likeness (QED) is 0.595. The molecule has 0 spiro atoms. The van der Waals surface area contributed by atoms with Crippen LogP contribution in [0, 0.1) is 0 Å². The predicted molar refractivity (Wildman–Crippen MR) is 75.5 cm³/mol. The van der Waals surface area contributed by atoms with E-state index in [9.17, 15) is 18.0 Å². The number of urea groups is 1. The average molecular weight is 346 g/mol. The van der Waals surface area contributed by atoms with Gasteiger partial charge in [0.2, 0.25) is 0 Å². The maximum atomic E-state index is 12.2. The second-order valence-electron chi connectivity index (χ2n) is 6.00. The molecular weight excluding hydrogens is 328 g/mol. The van der Waals surface area contributed by atoms with Gasteiger partial charge < -0.3 is 4.90 Å². The van der Waals surface area contributed by atoms with Crippen LogP contribution < -0.4 is 0 Å². The molecule has 3 fully saturated rings. The largest absolute Gasteiger partial charge is 0.418 e. The Labute approximate surface area is 133 Å². The molecule has 2 atom stereocenters. The molecule has 11 heteroatoms. The molecule has 0 aromatic rings. The zero-order chi connectivity index (χ0) is 16.6. The van der Waals surface area contributed by atoms with Crippen molar-refractivity contribution < 1.29 is 26.8 Å². The van der Waals surface area contributed by atoms with Crippen LogP contribution in [0.1, 0.15) is 38.5 Å². The molecule has 10 nitrogen and oxygen atoms in total. The monoisotopic (exact) mass is 346 g/mol. The highest BCUT2D eigenvalue weighted by atomic mass is 32.3. The Bertz CT molecular complexity index is 629. The SMILES string of the molecule is O=C(/N=N/C1CCCC1)[C@@H]1CC[C@H]2CN1C(=O)N2OS(=O)(=O)O. The number of amides is 3. The van der Waals surface area contributed by atoms with E-state index in [1.165, 1.54) is 4.90 Å². The lowest BCUT2D eigenvalue weighted by Gasteiger charge is -2.27. The van der Waals surface area contributed by atoms with E-state index in [2.05, 4.69) is 14.5 Å². The van der Waals surface area contributed by atoms with Crippen LogP contribution in [0.2, 0.25) is 0 Å². The first kappa shape index (κ1) is 16.3. The highest BCUT2D eigenvalue weighted by Crippen LogP contribution is 2.31.